The molecule has 6 nitrogen and oxygen atoms in total. The predicted molar refractivity (Wildman–Crippen MR) is 71.9 cm³/mol. The third-order valence-corrected chi connectivity index (χ3v) is 3.22. The summed E-state index contributed by atoms with van der Waals surface area (Å²) in [5.41, 5.74) is 5.73. The number of rotatable bonds is 5. The maximum Gasteiger partial charge on any atom is 0.292 e. The van der Waals surface area contributed by atoms with Gasteiger partial charge in [-0.05, 0) is 25.3 Å². The van der Waals surface area contributed by atoms with E-state index in [1.165, 1.54) is 12.1 Å². The monoisotopic (exact) mass is 263 g/mol. The van der Waals surface area contributed by atoms with Gasteiger partial charge in [0.15, 0.2) is 0 Å². The normalized spacial score (nSPS) is 14.2. The van der Waals surface area contributed by atoms with Crippen molar-refractivity contribution in [3.63, 3.8) is 0 Å². The molecular weight excluding hydrogens is 246 g/mol. The Morgan fingerprint density at radius 2 is 2.21 bits per heavy atom. The molecule has 0 bridgehead atoms. The lowest BCUT2D eigenvalue weighted by atomic mass is 10.1. The average Bonchev–Trinajstić information content (AvgIpc) is 3.19. The Balaban J connectivity index is 2.32. The molecule has 2 rings (SSSR count). The van der Waals surface area contributed by atoms with Crippen molar-refractivity contribution in [3.05, 3.63) is 33.9 Å². The molecular formula is C13H17N3O3. The second-order valence-corrected chi connectivity index (χ2v) is 4.73. The molecule has 0 atom stereocenters. The summed E-state index contributed by atoms with van der Waals surface area (Å²) < 4.78 is 0. The molecule has 1 aromatic rings. The van der Waals surface area contributed by atoms with E-state index in [0.717, 1.165) is 19.3 Å². The first-order valence-electron chi connectivity index (χ1n) is 6.40. The van der Waals surface area contributed by atoms with Gasteiger partial charge in [-0.25, -0.2) is 0 Å². The fourth-order valence-electron chi connectivity index (χ4n) is 2.13. The Bertz CT molecular complexity index is 512. The topological polar surface area (TPSA) is 89.5 Å². The summed E-state index contributed by atoms with van der Waals surface area (Å²) in [5.74, 6) is -0.203. The highest BCUT2D eigenvalue weighted by Crippen LogP contribution is 2.31. The third-order valence-electron chi connectivity index (χ3n) is 3.22. The zero-order valence-electron chi connectivity index (χ0n) is 10.8. The number of hydrogen-bond acceptors (Lipinski definition) is 4. The second-order valence-electron chi connectivity index (χ2n) is 4.73. The van der Waals surface area contributed by atoms with E-state index in [9.17, 15) is 14.9 Å². The number of amides is 1. The van der Waals surface area contributed by atoms with Crippen molar-refractivity contribution in [2.45, 2.75) is 32.2 Å². The predicted octanol–water partition coefficient (Wildman–Crippen LogP) is 2.19. The van der Waals surface area contributed by atoms with E-state index < -0.39 is 4.92 Å². The van der Waals surface area contributed by atoms with Gasteiger partial charge in [-0.15, -0.1) is 0 Å². The van der Waals surface area contributed by atoms with E-state index in [4.69, 9.17) is 5.73 Å². The number of anilines is 1. The van der Waals surface area contributed by atoms with Crippen molar-refractivity contribution < 1.29 is 9.72 Å². The van der Waals surface area contributed by atoms with Crippen molar-refractivity contribution in [1.29, 1.82) is 0 Å². The fraction of sp³-hybridized carbons (Fsp3) is 0.462. The van der Waals surface area contributed by atoms with Gasteiger partial charge in [-0.3, -0.25) is 14.9 Å². The van der Waals surface area contributed by atoms with Crippen LogP contribution in [0.4, 0.5) is 11.4 Å². The van der Waals surface area contributed by atoms with Gasteiger partial charge in [0.2, 0.25) is 0 Å². The van der Waals surface area contributed by atoms with Crippen LogP contribution in [0.1, 0.15) is 36.5 Å². The standard InChI is InChI=1S/C13H17N3O3/c1-2-8-15(9-6-7-9)13(17)10-4-3-5-11(12(10)14)16(18)19/h3-5,9H,2,6-8,14H2,1H3. The van der Waals surface area contributed by atoms with Crippen LogP contribution in [0.25, 0.3) is 0 Å². The number of nitro benzene ring substituents is 1. The minimum atomic E-state index is -0.562. The molecule has 0 saturated heterocycles. The Hall–Kier alpha value is -2.11. The van der Waals surface area contributed by atoms with Crippen molar-refractivity contribution in [3.8, 4) is 0 Å². The third kappa shape index (κ3) is 2.67. The average molecular weight is 263 g/mol. The summed E-state index contributed by atoms with van der Waals surface area (Å²) in [6.45, 7) is 2.66. The molecule has 0 unspecified atom stereocenters. The number of nitrogen functional groups attached to an aromatic ring is 1. The highest BCUT2D eigenvalue weighted by atomic mass is 16.6. The van der Waals surface area contributed by atoms with Crippen molar-refractivity contribution >= 4 is 17.3 Å². The van der Waals surface area contributed by atoms with Crippen LogP contribution in [0.3, 0.4) is 0 Å². The maximum atomic E-state index is 12.4. The van der Waals surface area contributed by atoms with Crippen LogP contribution < -0.4 is 5.73 Å². The van der Waals surface area contributed by atoms with E-state index in [0.29, 0.717) is 6.54 Å². The van der Waals surface area contributed by atoms with Gasteiger partial charge in [0.25, 0.3) is 11.6 Å². The molecule has 1 amide bonds. The van der Waals surface area contributed by atoms with E-state index >= 15 is 0 Å². The Kier molecular flexibility index (Phi) is 3.69. The minimum absolute atomic E-state index is 0.0424. The number of benzene rings is 1. The highest BCUT2D eigenvalue weighted by molar-refractivity contribution is 6.01. The van der Waals surface area contributed by atoms with E-state index in [1.54, 1.807) is 11.0 Å². The van der Waals surface area contributed by atoms with Gasteiger partial charge in [-0.1, -0.05) is 13.0 Å². The summed E-state index contributed by atoms with van der Waals surface area (Å²) in [5, 5.41) is 10.8. The number of para-hydroxylation sites is 1. The largest absolute Gasteiger partial charge is 0.393 e. The second kappa shape index (κ2) is 5.26. The first-order chi connectivity index (χ1) is 9.06. The molecule has 1 aromatic carbocycles. The number of nitrogens with zero attached hydrogens (tertiary/aromatic N) is 2. The van der Waals surface area contributed by atoms with Gasteiger partial charge in [0.05, 0.1) is 10.5 Å². The molecule has 0 heterocycles. The van der Waals surface area contributed by atoms with Crippen LogP contribution >= 0.6 is 0 Å². The molecule has 1 aliphatic carbocycles. The van der Waals surface area contributed by atoms with E-state index in [1.807, 2.05) is 6.92 Å². The lowest BCUT2D eigenvalue weighted by molar-refractivity contribution is -0.383. The number of carbonyl (C=O) groups is 1. The molecule has 2 N–H and O–H groups in total. The van der Waals surface area contributed by atoms with E-state index in [2.05, 4.69) is 0 Å². The summed E-state index contributed by atoms with van der Waals surface area (Å²) >= 11 is 0. The summed E-state index contributed by atoms with van der Waals surface area (Å²) in [7, 11) is 0. The van der Waals surface area contributed by atoms with Gasteiger partial charge in [-0.2, -0.15) is 0 Å². The van der Waals surface area contributed by atoms with E-state index in [-0.39, 0.29) is 28.9 Å². The van der Waals surface area contributed by atoms with Crippen LogP contribution in [-0.2, 0) is 0 Å². The molecule has 19 heavy (non-hydrogen) atoms. The molecule has 1 aliphatic rings. The fourth-order valence-corrected chi connectivity index (χ4v) is 2.13. The van der Waals surface area contributed by atoms with Crippen LogP contribution in [0.15, 0.2) is 18.2 Å². The highest BCUT2D eigenvalue weighted by Gasteiger charge is 2.33. The molecule has 102 valence electrons. The molecule has 0 aromatic heterocycles. The minimum Gasteiger partial charge on any atom is -0.393 e. The van der Waals surface area contributed by atoms with Gasteiger partial charge < -0.3 is 10.6 Å². The zero-order valence-corrected chi connectivity index (χ0v) is 10.8. The van der Waals surface area contributed by atoms with Crippen molar-refractivity contribution in [2.24, 2.45) is 0 Å². The molecule has 0 aliphatic heterocycles. The van der Waals surface area contributed by atoms with Gasteiger partial charge in [0, 0.05) is 18.7 Å². The molecule has 1 saturated carbocycles. The molecule has 6 heteroatoms. The number of nitro groups is 1. The number of hydrogen-bond donors (Lipinski definition) is 1. The lowest BCUT2D eigenvalue weighted by Crippen LogP contribution is -2.34. The van der Waals surface area contributed by atoms with Gasteiger partial charge >= 0.3 is 0 Å². The van der Waals surface area contributed by atoms with Crippen LogP contribution in [-0.4, -0.2) is 28.3 Å². The Morgan fingerprint density at radius 3 is 2.74 bits per heavy atom. The Labute approximate surface area is 111 Å². The van der Waals surface area contributed by atoms with Crippen LogP contribution in [0.5, 0.6) is 0 Å². The van der Waals surface area contributed by atoms with Crippen LogP contribution in [0, 0.1) is 10.1 Å². The lowest BCUT2D eigenvalue weighted by Gasteiger charge is -2.22. The molecule has 0 radical (unpaired) electrons. The van der Waals surface area contributed by atoms with Crippen LogP contribution in [0.2, 0.25) is 0 Å². The number of nitrogens with two attached hydrogens (primary N) is 1. The maximum absolute atomic E-state index is 12.4. The zero-order chi connectivity index (χ0) is 14.0. The molecule has 0 spiro atoms. The first-order valence-corrected chi connectivity index (χ1v) is 6.40. The molecule has 1 fully saturated rings. The van der Waals surface area contributed by atoms with Crippen molar-refractivity contribution in [2.75, 3.05) is 12.3 Å². The summed E-state index contributed by atoms with van der Waals surface area (Å²) in [4.78, 5) is 24.5. The quantitative estimate of drug-likeness (QED) is 0.501. The summed E-state index contributed by atoms with van der Waals surface area (Å²) in [6.07, 6.45) is 2.86. The SMILES string of the molecule is CCCN(C(=O)c1cccc([N+](=O)[O-])c1N)C1CC1. The van der Waals surface area contributed by atoms with Crippen molar-refractivity contribution in [1.82, 2.24) is 4.90 Å². The van der Waals surface area contributed by atoms with Gasteiger partial charge in [0.1, 0.15) is 5.69 Å². The first kappa shape index (κ1) is 13.3. The number of carbonyl (C=O) groups excluding carboxylic acids is 1. The smallest absolute Gasteiger partial charge is 0.292 e. The Morgan fingerprint density at radius 1 is 1.53 bits per heavy atom. The summed E-state index contributed by atoms with van der Waals surface area (Å²) in [6, 6.07) is 4.63.